The molecule has 0 aliphatic heterocycles. The summed E-state index contributed by atoms with van der Waals surface area (Å²) < 4.78 is 0. The average Bonchev–Trinajstić information content (AvgIpc) is 2.13. The van der Waals surface area contributed by atoms with Crippen LogP contribution in [0.4, 0.5) is 5.69 Å². The third-order valence-electron chi connectivity index (χ3n) is 2.24. The number of benzene rings is 1. The summed E-state index contributed by atoms with van der Waals surface area (Å²) in [4.78, 5) is 9.88. The van der Waals surface area contributed by atoms with Crippen molar-refractivity contribution in [2.24, 2.45) is 0 Å². The molecule has 1 heterocycles. The van der Waals surface area contributed by atoms with Crippen LogP contribution in [-0.4, -0.2) is 9.97 Å². The van der Waals surface area contributed by atoms with E-state index in [1.165, 1.54) is 0 Å². The molecule has 0 spiro atoms. The molecule has 3 nitrogen and oxygen atoms in total. The van der Waals surface area contributed by atoms with Crippen LogP contribution in [0.5, 0.6) is 0 Å². The number of anilines is 1. The Labute approximate surface area is 105 Å². The highest BCUT2D eigenvalue weighted by atomic mass is 32.2. The lowest BCUT2D eigenvalue weighted by atomic mass is 10.2. The molecular weight excluding hydrogens is 230 g/mol. The third kappa shape index (κ3) is 3.20. The molecule has 0 atom stereocenters. The van der Waals surface area contributed by atoms with Crippen molar-refractivity contribution in [1.82, 2.24) is 9.97 Å². The first-order valence-electron chi connectivity index (χ1n) is 5.40. The number of nitrogens with zero attached hydrogens (tertiary/aromatic N) is 2. The predicted octanol–water partition coefficient (Wildman–Crippen LogP) is 3.14. The van der Waals surface area contributed by atoms with E-state index in [1.54, 1.807) is 11.8 Å². The molecule has 2 N–H and O–H groups in total. The van der Waals surface area contributed by atoms with Crippen LogP contribution in [0.1, 0.15) is 17.0 Å². The summed E-state index contributed by atoms with van der Waals surface area (Å²) in [6, 6.07) is 7.95. The lowest BCUT2D eigenvalue weighted by molar-refractivity contribution is 0.902. The van der Waals surface area contributed by atoms with Gasteiger partial charge in [-0.15, -0.1) is 0 Å². The minimum Gasteiger partial charge on any atom is -0.399 e. The molecule has 0 radical (unpaired) electrons. The van der Waals surface area contributed by atoms with Gasteiger partial charge in [0, 0.05) is 22.0 Å². The first-order valence-corrected chi connectivity index (χ1v) is 6.22. The molecule has 2 aromatic rings. The number of nitrogens with two attached hydrogens (primary N) is 1. The fourth-order valence-electron chi connectivity index (χ4n) is 1.68. The van der Waals surface area contributed by atoms with Gasteiger partial charge in [-0.3, -0.25) is 0 Å². The van der Waals surface area contributed by atoms with Crippen molar-refractivity contribution in [3.05, 3.63) is 41.2 Å². The Morgan fingerprint density at radius 1 is 0.941 bits per heavy atom. The summed E-state index contributed by atoms with van der Waals surface area (Å²) in [5.74, 6) is 0. The van der Waals surface area contributed by atoms with E-state index in [0.717, 1.165) is 32.7 Å². The molecule has 2 rings (SSSR count). The Balaban J connectivity index is 2.31. The zero-order valence-electron chi connectivity index (χ0n) is 10.2. The van der Waals surface area contributed by atoms with Gasteiger partial charge < -0.3 is 5.73 Å². The minimum atomic E-state index is 0.771. The number of hydrogen-bond acceptors (Lipinski definition) is 4. The lowest BCUT2D eigenvalue weighted by Gasteiger charge is -2.05. The molecule has 4 heteroatoms. The average molecular weight is 245 g/mol. The van der Waals surface area contributed by atoms with E-state index in [1.807, 2.05) is 39.0 Å². The molecule has 88 valence electrons. The van der Waals surface area contributed by atoms with Crippen LogP contribution in [0.3, 0.4) is 0 Å². The zero-order chi connectivity index (χ0) is 12.4. The Morgan fingerprint density at radius 2 is 1.59 bits per heavy atom. The maximum atomic E-state index is 5.82. The van der Waals surface area contributed by atoms with Crippen molar-refractivity contribution in [2.45, 2.75) is 30.8 Å². The second kappa shape index (κ2) is 4.75. The molecule has 1 aromatic heterocycles. The molecule has 1 aromatic carbocycles. The van der Waals surface area contributed by atoms with E-state index in [0.29, 0.717) is 0 Å². The van der Waals surface area contributed by atoms with Gasteiger partial charge in [-0.2, -0.15) is 0 Å². The molecule has 0 saturated heterocycles. The van der Waals surface area contributed by atoms with Crippen LogP contribution in [-0.2, 0) is 0 Å². The summed E-state index contributed by atoms with van der Waals surface area (Å²) in [6.07, 6.45) is 0. The van der Waals surface area contributed by atoms with E-state index in [4.69, 9.17) is 5.73 Å². The van der Waals surface area contributed by atoms with E-state index in [9.17, 15) is 0 Å². The Morgan fingerprint density at radius 3 is 2.18 bits per heavy atom. The van der Waals surface area contributed by atoms with E-state index in [-0.39, 0.29) is 0 Å². The van der Waals surface area contributed by atoms with Crippen molar-refractivity contribution < 1.29 is 0 Å². The smallest absolute Gasteiger partial charge is 0.192 e. The molecule has 17 heavy (non-hydrogen) atoms. The van der Waals surface area contributed by atoms with Crippen molar-refractivity contribution >= 4 is 17.4 Å². The topological polar surface area (TPSA) is 51.8 Å². The minimum absolute atomic E-state index is 0.771. The SMILES string of the molecule is Cc1cc(N)cc(Sc2nc(C)cc(C)n2)c1. The van der Waals surface area contributed by atoms with Crippen LogP contribution in [0.15, 0.2) is 34.3 Å². The molecule has 0 saturated carbocycles. The van der Waals surface area contributed by atoms with Crippen molar-refractivity contribution in [2.75, 3.05) is 5.73 Å². The first kappa shape index (κ1) is 11.9. The van der Waals surface area contributed by atoms with Gasteiger partial charge in [-0.1, -0.05) is 0 Å². The Hall–Kier alpha value is -1.55. The van der Waals surface area contributed by atoms with Gasteiger partial charge in [0.2, 0.25) is 0 Å². The summed E-state index contributed by atoms with van der Waals surface area (Å²) in [7, 11) is 0. The van der Waals surface area contributed by atoms with Crippen molar-refractivity contribution in [1.29, 1.82) is 0 Å². The van der Waals surface area contributed by atoms with E-state index < -0.39 is 0 Å². The highest BCUT2D eigenvalue weighted by molar-refractivity contribution is 7.99. The van der Waals surface area contributed by atoms with Crippen LogP contribution in [0.2, 0.25) is 0 Å². The summed E-state index contributed by atoms with van der Waals surface area (Å²) >= 11 is 1.54. The molecule has 0 aliphatic rings. The monoisotopic (exact) mass is 245 g/mol. The summed E-state index contributed by atoms with van der Waals surface area (Å²) in [6.45, 7) is 5.98. The highest BCUT2D eigenvalue weighted by Gasteiger charge is 2.04. The molecule has 0 aliphatic carbocycles. The van der Waals surface area contributed by atoms with Crippen LogP contribution in [0, 0.1) is 20.8 Å². The molecular formula is C13H15N3S. The van der Waals surface area contributed by atoms with Gasteiger partial charge in [-0.05, 0) is 62.4 Å². The van der Waals surface area contributed by atoms with Crippen LogP contribution in [0.25, 0.3) is 0 Å². The van der Waals surface area contributed by atoms with Gasteiger partial charge >= 0.3 is 0 Å². The molecule has 0 unspecified atom stereocenters. The van der Waals surface area contributed by atoms with Gasteiger partial charge in [0.05, 0.1) is 0 Å². The van der Waals surface area contributed by atoms with Gasteiger partial charge in [0.1, 0.15) is 0 Å². The van der Waals surface area contributed by atoms with Crippen molar-refractivity contribution in [3.8, 4) is 0 Å². The second-order valence-electron chi connectivity index (χ2n) is 4.11. The second-order valence-corrected chi connectivity index (χ2v) is 5.16. The maximum Gasteiger partial charge on any atom is 0.192 e. The molecule has 0 amide bonds. The van der Waals surface area contributed by atoms with Crippen LogP contribution < -0.4 is 5.73 Å². The fraction of sp³-hybridized carbons (Fsp3) is 0.231. The number of aryl methyl sites for hydroxylation is 3. The number of hydrogen-bond donors (Lipinski definition) is 1. The summed E-state index contributed by atoms with van der Waals surface area (Å²) in [5, 5.41) is 0.771. The number of rotatable bonds is 2. The van der Waals surface area contributed by atoms with Gasteiger partial charge in [-0.25, -0.2) is 9.97 Å². The predicted molar refractivity (Wildman–Crippen MR) is 71.2 cm³/mol. The number of aromatic nitrogens is 2. The Bertz CT molecular complexity index is 462. The quantitative estimate of drug-likeness (QED) is 0.652. The Kier molecular flexibility index (Phi) is 3.33. The molecule has 0 bridgehead atoms. The largest absolute Gasteiger partial charge is 0.399 e. The third-order valence-corrected chi connectivity index (χ3v) is 3.08. The first-order chi connectivity index (χ1) is 8.02. The van der Waals surface area contributed by atoms with E-state index in [2.05, 4.69) is 16.0 Å². The maximum absolute atomic E-state index is 5.82. The highest BCUT2D eigenvalue weighted by Crippen LogP contribution is 2.27. The zero-order valence-corrected chi connectivity index (χ0v) is 11.0. The van der Waals surface area contributed by atoms with Gasteiger partial charge in [0.15, 0.2) is 5.16 Å². The van der Waals surface area contributed by atoms with Crippen molar-refractivity contribution in [3.63, 3.8) is 0 Å². The number of nitrogen functional groups attached to an aromatic ring is 1. The van der Waals surface area contributed by atoms with Crippen LogP contribution >= 0.6 is 11.8 Å². The van der Waals surface area contributed by atoms with E-state index >= 15 is 0 Å². The summed E-state index contributed by atoms with van der Waals surface area (Å²) in [5.41, 5.74) is 9.72. The van der Waals surface area contributed by atoms with Gasteiger partial charge in [0.25, 0.3) is 0 Å². The lowest BCUT2D eigenvalue weighted by Crippen LogP contribution is -1.93. The normalized spacial score (nSPS) is 10.5. The molecule has 0 fully saturated rings. The standard InChI is InChI=1S/C13H15N3S/c1-8-4-11(14)7-12(5-8)17-13-15-9(2)6-10(3)16-13/h4-7H,14H2,1-3H3. The fourth-order valence-corrected chi connectivity index (χ4v) is 2.71.